The van der Waals surface area contributed by atoms with Gasteiger partial charge in [0, 0.05) is 74.2 Å². The lowest BCUT2D eigenvalue weighted by molar-refractivity contribution is -0.0539. The Labute approximate surface area is 525 Å². The monoisotopic (exact) mass is 1310 g/mol. The molecule has 3 aliphatic carbocycles. The molecule has 9 aromatic rings. The molecule has 8 heterocycles. The Morgan fingerprint density at radius 3 is 1.48 bits per heavy atom. The van der Waals surface area contributed by atoms with Gasteiger partial charge in [-0.05, 0) is 237 Å². The highest BCUT2D eigenvalue weighted by Crippen LogP contribution is 2.47. The van der Waals surface area contributed by atoms with Gasteiger partial charge in [0.1, 0.15) is 51.5 Å². The third-order valence-corrected chi connectivity index (χ3v) is 18.4. The first-order chi connectivity index (χ1) is 41.5. The predicted octanol–water partition coefficient (Wildman–Crippen LogP) is 14.6. The molecule has 0 spiro atoms. The fourth-order valence-electron chi connectivity index (χ4n) is 13.0. The standard InChI is InChI=1S/C26H34N4O4.C21H26N4O2.C20H22IN3O3/c1-14-13-26(32,9-10-30(14)24(31)33-25(4,5)6)19-11-18(21-15(2)29-34-16(21)3)12-20-22(19)28-23(27-20)17-7-8-17;1-11-10-21(26,6-7-22-11)16-8-15(18-12(2)25-27-13(18)3)9-17-19(16)24-20(23-17)14-4-5-14;1-10-16(11(2)27-23-10)13-8-14(21)17-15(9-13)24(18(22-17)12-6-7-12)19(25)26-20(3,4)5/h11-12,14,17,32H,7-10,13H2,1-6H3,(H,27,28);8-9,11,14,22,26H,4-7,10H2,1-3H3,(H,23,24);8-9,12H,6-7H2,1-5H3. The molecule has 0 radical (unpaired) electrons. The number of benzene rings is 3. The number of carbonyl (C=O) groups is 2. The van der Waals surface area contributed by atoms with Gasteiger partial charge in [-0.25, -0.2) is 29.1 Å². The fraction of sp³-hybridized carbons (Fsp3) is 0.522. The minimum Gasteiger partial charge on any atom is -0.444 e. The molecule has 3 aromatic carbocycles. The van der Waals surface area contributed by atoms with Crippen LogP contribution in [-0.4, -0.2) is 109 Å². The molecule has 4 atom stereocenters. The molecule has 88 heavy (non-hydrogen) atoms. The Morgan fingerprint density at radius 2 is 1.06 bits per heavy atom. The number of nitrogens with zero attached hydrogens (tertiary/aromatic N) is 8. The van der Waals surface area contributed by atoms with Crippen molar-refractivity contribution in [3.8, 4) is 33.4 Å². The minimum absolute atomic E-state index is 0.187. The highest BCUT2D eigenvalue weighted by atomic mass is 127. The summed E-state index contributed by atoms with van der Waals surface area (Å²) in [6.45, 7) is 28.0. The van der Waals surface area contributed by atoms with E-state index in [4.69, 9.17) is 38.0 Å². The molecular formula is C67H82IN11O9. The molecule has 1 amide bonds. The number of H-pyrrole nitrogens is 2. The van der Waals surface area contributed by atoms with Crippen LogP contribution in [0.4, 0.5) is 9.59 Å². The van der Waals surface area contributed by atoms with E-state index < -0.39 is 22.4 Å². The molecule has 5 aliphatic rings. The van der Waals surface area contributed by atoms with E-state index in [0.717, 1.165) is 165 Å². The number of hydrogen-bond donors (Lipinski definition) is 5. The number of aliphatic hydroxyl groups is 2. The first-order valence-corrected chi connectivity index (χ1v) is 32.1. The molecule has 0 bridgehead atoms. The van der Waals surface area contributed by atoms with E-state index in [9.17, 15) is 19.8 Å². The Hall–Kier alpha value is -6.95. The van der Waals surface area contributed by atoms with Crippen LogP contribution < -0.4 is 5.32 Å². The Morgan fingerprint density at radius 1 is 0.602 bits per heavy atom. The first kappa shape index (κ1) is 61.3. The molecule has 21 heteroatoms. The Balaban J connectivity index is 0.000000130. The van der Waals surface area contributed by atoms with Gasteiger partial charge in [0.05, 0.1) is 55.9 Å². The summed E-state index contributed by atoms with van der Waals surface area (Å²) >= 11 is 2.28. The van der Waals surface area contributed by atoms with E-state index in [-0.39, 0.29) is 24.3 Å². The molecule has 20 nitrogen and oxygen atoms in total. The van der Waals surface area contributed by atoms with Crippen molar-refractivity contribution < 1.29 is 42.8 Å². The maximum absolute atomic E-state index is 13.0. The summed E-state index contributed by atoms with van der Waals surface area (Å²) in [4.78, 5) is 49.1. The second-order valence-corrected chi connectivity index (χ2v) is 28.6. The number of hydrogen-bond acceptors (Lipinski definition) is 16. The van der Waals surface area contributed by atoms with Crippen molar-refractivity contribution >= 4 is 67.9 Å². The molecule has 3 saturated carbocycles. The van der Waals surface area contributed by atoms with Crippen LogP contribution in [0.5, 0.6) is 0 Å². The zero-order valence-electron chi connectivity index (χ0n) is 53.0. The number of imidazole rings is 3. The molecular weight excluding hydrogens is 1230 g/mol. The average molecular weight is 1310 g/mol. The highest BCUT2D eigenvalue weighted by molar-refractivity contribution is 14.1. The van der Waals surface area contributed by atoms with Gasteiger partial charge in [-0.2, -0.15) is 0 Å². The van der Waals surface area contributed by atoms with E-state index in [1.807, 2.05) is 102 Å². The highest BCUT2D eigenvalue weighted by Gasteiger charge is 2.44. The van der Waals surface area contributed by atoms with Gasteiger partial charge in [0.2, 0.25) is 0 Å². The number of aryl methyl sites for hydroxylation is 6. The van der Waals surface area contributed by atoms with Crippen LogP contribution in [0.3, 0.4) is 0 Å². The van der Waals surface area contributed by atoms with E-state index in [2.05, 4.69) is 84.5 Å². The van der Waals surface area contributed by atoms with Crippen molar-refractivity contribution in [3.05, 3.63) is 103 Å². The zero-order valence-corrected chi connectivity index (χ0v) is 55.2. The molecule has 14 rings (SSSR count). The summed E-state index contributed by atoms with van der Waals surface area (Å²) < 4.78 is 30.1. The quantitative estimate of drug-likeness (QED) is 0.0886. The maximum atomic E-state index is 13.0. The van der Waals surface area contributed by atoms with Gasteiger partial charge < -0.3 is 53.4 Å². The number of amides is 1. The molecule has 6 aromatic heterocycles. The summed E-state index contributed by atoms with van der Waals surface area (Å²) in [5.74, 6) is 6.45. The third kappa shape index (κ3) is 12.3. The van der Waals surface area contributed by atoms with Crippen LogP contribution >= 0.6 is 22.6 Å². The van der Waals surface area contributed by atoms with Crippen LogP contribution in [0.15, 0.2) is 50.0 Å². The van der Waals surface area contributed by atoms with Crippen LogP contribution in [0, 0.1) is 45.1 Å². The predicted molar refractivity (Wildman–Crippen MR) is 343 cm³/mol. The summed E-state index contributed by atoms with van der Waals surface area (Å²) in [7, 11) is 0. The molecule has 4 unspecified atom stereocenters. The van der Waals surface area contributed by atoms with Crippen molar-refractivity contribution in [2.24, 2.45) is 0 Å². The van der Waals surface area contributed by atoms with Gasteiger partial charge in [-0.3, -0.25) is 0 Å². The Kier molecular flexibility index (Phi) is 15.9. The number of fused-ring (bicyclic) bond motifs is 3. The van der Waals surface area contributed by atoms with E-state index in [0.29, 0.717) is 50.0 Å². The number of halogens is 1. The third-order valence-electron chi connectivity index (χ3n) is 17.6. The number of ether oxygens (including phenoxy) is 2. The smallest absolute Gasteiger partial charge is 0.420 e. The van der Waals surface area contributed by atoms with Gasteiger partial charge in [0.15, 0.2) is 0 Å². The average Bonchev–Trinajstić information content (AvgIpc) is 1.72. The lowest BCUT2D eigenvalue weighted by atomic mass is 9.79. The molecule has 5 N–H and O–H groups in total. The Bertz CT molecular complexity index is 4100. The van der Waals surface area contributed by atoms with Gasteiger partial charge in [-0.1, -0.05) is 15.5 Å². The SMILES string of the molecule is Cc1noc(C)c1-c1cc(C2(O)CCN(C(=O)OC(C)(C)C)C(C)C2)c2nc(C3CC3)[nH]c2c1.Cc1noc(C)c1-c1cc(C2(O)CCNC(C)C2)c2nc(C3CC3)[nH]c2c1.Cc1noc(C)c1-c1cc(I)c2nc(C3CC3)n(C(=O)OC(C)(C)C)c2c1. The normalized spacial score (nSPS) is 21.6. The molecule has 2 saturated heterocycles. The second-order valence-electron chi connectivity index (χ2n) is 27.5. The van der Waals surface area contributed by atoms with E-state index in [1.165, 1.54) is 12.8 Å². The lowest BCUT2D eigenvalue weighted by Crippen LogP contribution is -2.51. The van der Waals surface area contributed by atoms with Gasteiger partial charge in [0.25, 0.3) is 0 Å². The first-order valence-electron chi connectivity index (χ1n) is 31.1. The van der Waals surface area contributed by atoms with Gasteiger partial charge >= 0.3 is 12.2 Å². The number of nitrogens with one attached hydrogen (secondary N) is 3. The molecule has 5 fully saturated rings. The number of aromatic amines is 2. The molecule has 466 valence electrons. The summed E-state index contributed by atoms with van der Waals surface area (Å²) in [5.41, 5.74) is 12.1. The van der Waals surface area contributed by atoms with Crippen molar-refractivity contribution in [1.29, 1.82) is 0 Å². The summed E-state index contributed by atoms with van der Waals surface area (Å²) in [6, 6.07) is 12.5. The van der Waals surface area contributed by atoms with Gasteiger partial charge in [-0.15, -0.1) is 0 Å². The second kappa shape index (κ2) is 22.8. The van der Waals surface area contributed by atoms with E-state index >= 15 is 0 Å². The molecule has 2 aliphatic heterocycles. The summed E-state index contributed by atoms with van der Waals surface area (Å²) in [5, 5.41) is 39.3. The largest absolute Gasteiger partial charge is 0.444 e. The van der Waals surface area contributed by atoms with Crippen molar-refractivity contribution in [2.75, 3.05) is 13.1 Å². The minimum atomic E-state index is -1.12. The topological polar surface area (TPSA) is 262 Å². The number of aromatic nitrogens is 9. The lowest BCUT2D eigenvalue weighted by Gasteiger charge is -2.43. The van der Waals surface area contributed by atoms with Crippen molar-refractivity contribution in [2.45, 2.75) is 213 Å². The van der Waals surface area contributed by atoms with Crippen LogP contribution in [-0.2, 0) is 20.7 Å². The van der Waals surface area contributed by atoms with Crippen LogP contribution in [0.2, 0.25) is 0 Å². The zero-order chi connectivity index (χ0) is 62.7. The van der Waals surface area contributed by atoms with Crippen LogP contribution in [0.25, 0.3) is 66.5 Å². The van der Waals surface area contributed by atoms with Crippen molar-refractivity contribution in [1.82, 2.24) is 55.2 Å². The number of likely N-dealkylation sites (tertiary alicyclic amines) is 1. The number of piperidine rings is 2. The number of carbonyl (C=O) groups excluding carboxylic acids is 2. The fourth-order valence-corrected chi connectivity index (χ4v) is 13.7. The van der Waals surface area contributed by atoms with E-state index in [1.54, 1.807) is 9.47 Å². The van der Waals surface area contributed by atoms with Crippen LogP contribution in [0.1, 0.15) is 200 Å². The number of rotatable bonds is 8. The maximum Gasteiger partial charge on any atom is 0.420 e. The summed E-state index contributed by atoms with van der Waals surface area (Å²) in [6.07, 6.45) is 8.22. The van der Waals surface area contributed by atoms with Crippen molar-refractivity contribution in [3.63, 3.8) is 0 Å².